The molecule has 0 aliphatic heterocycles. The molecule has 0 fully saturated rings. The molecular formula is C47H34N2. The Hall–Kier alpha value is -6.25. The van der Waals surface area contributed by atoms with Gasteiger partial charge in [0.1, 0.15) is 5.82 Å². The smallest absolute Gasteiger partial charge is 0.114 e. The predicted molar refractivity (Wildman–Crippen MR) is 207 cm³/mol. The molecule has 49 heavy (non-hydrogen) atoms. The van der Waals surface area contributed by atoms with Crippen LogP contribution in [0.15, 0.2) is 176 Å². The molecule has 8 aromatic carbocycles. The van der Waals surface area contributed by atoms with Crippen LogP contribution in [0.4, 0.5) is 0 Å². The maximum Gasteiger partial charge on any atom is 0.114 e. The fraction of sp³-hybridized carbons (Fsp3) is 0.0426. The topological polar surface area (TPSA) is 17.8 Å². The first-order valence-corrected chi connectivity index (χ1v) is 15.7. The molecule has 9 rings (SSSR count). The van der Waals surface area contributed by atoms with Crippen molar-refractivity contribution in [2.24, 2.45) is 0 Å². The summed E-state index contributed by atoms with van der Waals surface area (Å²) in [5.41, 5.74) is 4.78. The molecule has 1 heterocycles. The van der Waals surface area contributed by atoms with E-state index >= 15 is 0 Å². The molecule has 0 amide bonds. The zero-order valence-corrected chi connectivity index (χ0v) is 25.9. The van der Waals surface area contributed by atoms with Gasteiger partial charge in [-0.15, -0.1) is 0 Å². The Bertz CT molecular complexity index is 3370. The van der Waals surface area contributed by atoms with Crippen LogP contribution in [-0.4, -0.2) is 9.55 Å². The maximum absolute atomic E-state index is 9.06. The molecule has 9 aromatic rings. The normalized spacial score (nSPS) is 16.4. The summed E-state index contributed by atoms with van der Waals surface area (Å²) in [7, 11) is 0. The average molecular weight is 642 g/mol. The Labute approximate surface area is 307 Å². The van der Waals surface area contributed by atoms with Crippen molar-refractivity contribution in [2.45, 2.75) is 13.2 Å². The number of rotatable bonds is 6. The predicted octanol–water partition coefficient (Wildman–Crippen LogP) is 12.6. The molecule has 0 saturated heterocycles. The van der Waals surface area contributed by atoms with E-state index in [0.29, 0.717) is 55.0 Å². The summed E-state index contributed by atoms with van der Waals surface area (Å²) in [5.74, 6) is -0.264. The van der Waals surface area contributed by atoms with Crippen molar-refractivity contribution >= 4 is 32.6 Å². The fourth-order valence-electron chi connectivity index (χ4n) is 6.73. The second-order valence-corrected chi connectivity index (χ2v) is 11.6. The van der Waals surface area contributed by atoms with E-state index in [1.807, 2.05) is 48.5 Å². The summed E-state index contributed by atoms with van der Waals surface area (Å²) in [4.78, 5) is 4.47. The summed E-state index contributed by atoms with van der Waals surface area (Å²) >= 11 is 0. The molecule has 0 aliphatic carbocycles. The molecule has 0 unspecified atom stereocenters. The Morgan fingerprint density at radius 1 is 0.531 bits per heavy atom. The molecule has 2 nitrogen and oxygen atoms in total. The second-order valence-electron chi connectivity index (χ2n) is 11.6. The van der Waals surface area contributed by atoms with Crippen molar-refractivity contribution in [1.29, 1.82) is 0 Å². The third-order valence-corrected chi connectivity index (χ3v) is 8.82. The number of aromatic nitrogens is 2. The summed E-state index contributed by atoms with van der Waals surface area (Å²) < 4.78 is 129. The second kappa shape index (κ2) is 12.1. The zero-order chi connectivity index (χ0) is 45.7. The summed E-state index contributed by atoms with van der Waals surface area (Å²) in [6.07, 6.45) is -2.80. The van der Waals surface area contributed by atoms with Gasteiger partial charge in [0.2, 0.25) is 0 Å². The van der Waals surface area contributed by atoms with E-state index in [9.17, 15) is 0 Å². The van der Waals surface area contributed by atoms with E-state index in [4.69, 9.17) is 20.6 Å². The minimum atomic E-state index is -3.02. The Balaban J connectivity index is 1.32. The van der Waals surface area contributed by atoms with E-state index in [1.165, 1.54) is 4.57 Å². The highest BCUT2D eigenvalue weighted by Crippen LogP contribution is 2.45. The number of hydrogen-bond acceptors (Lipinski definition) is 1. The van der Waals surface area contributed by atoms with Crippen LogP contribution >= 0.6 is 0 Å². The monoisotopic (exact) mass is 641 g/mol. The van der Waals surface area contributed by atoms with Gasteiger partial charge in [-0.3, -0.25) is 4.57 Å². The molecule has 0 saturated carbocycles. The summed E-state index contributed by atoms with van der Waals surface area (Å²) in [5, 5.41) is 2.22. The van der Waals surface area contributed by atoms with Crippen molar-refractivity contribution in [1.82, 2.24) is 9.55 Å². The minimum absolute atomic E-state index is 0.0581. The molecular weight excluding hydrogens is 593 g/mol. The first-order valence-electron chi connectivity index (χ1n) is 23.2. The van der Waals surface area contributed by atoms with E-state index in [-0.39, 0.29) is 22.5 Å². The van der Waals surface area contributed by atoms with Crippen molar-refractivity contribution in [3.05, 3.63) is 182 Å². The zero-order valence-electron chi connectivity index (χ0n) is 40.9. The van der Waals surface area contributed by atoms with Gasteiger partial charge in [-0.2, -0.15) is 0 Å². The Morgan fingerprint density at radius 2 is 1.14 bits per heavy atom. The SMILES string of the molecule is [2H]c1c([2H])c([2H])c(-c2ccc3c(-c4cccc(-c5cccc(-n6c(C([2H])([2H])C([2H])([2H])[2H])nc7ccccc76)c5)c4)c4ccccc4c(-c4c([2H])c([2H])c([2H])c([2H])c4[2H])c3c2)c([2H])c1[2H]. The van der Waals surface area contributed by atoms with Crippen LogP contribution < -0.4 is 0 Å². The quantitative estimate of drug-likeness (QED) is 0.165. The fourth-order valence-corrected chi connectivity index (χ4v) is 6.73. The number of nitrogens with zero attached hydrogens (tertiary/aromatic N) is 2. The first kappa shape index (κ1) is 17.2. The molecule has 0 atom stereocenters. The highest BCUT2D eigenvalue weighted by molar-refractivity contribution is 6.22. The van der Waals surface area contributed by atoms with Gasteiger partial charge in [0.15, 0.2) is 0 Å². The van der Waals surface area contributed by atoms with Gasteiger partial charge in [-0.25, -0.2) is 4.98 Å². The summed E-state index contributed by atoms with van der Waals surface area (Å²) in [6, 6.07) is 29.3. The molecule has 0 spiro atoms. The van der Waals surface area contributed by atoms with E-state index in [1.54, 1.807) is 66.7 Å². The van der Waals surface area contributed by atoms with Gasteiger partial charge < -0.3 is 0 Å². The molecule has 0 radical (unpaired) electrons. The van der Waals surface area contributed by atoms with Crippen molar-refractivity contribution in [3.8, 4) is 50.2 Å². The number of fused-ring (bicyclic) bond motifs is 3. The van der Waals surface area contributed by atoms with E-state index in [2.05, 4.69) is 4.98 Å². The van der Waals surface area contributed by atoms with Crippen LogP contribution in [0.25, 0.3) is 82.8 Å². The van der Waals surface area contributed by atoms with Gasteiger partial charge in [-0.1, -0.05) is 146 Å². The average Bonchev–Trinajstić information content (AvgIpc) is 3.69. The number of hydrogen-bond donors (Lipinski definition) is 0. The lowest BCUT2D eigenvalue weighted by Gasteiger charge is -2.19. The largest absolute Gasteiger partial charge is 0.296 e. The molecule has 0 N–H and O–H groups in total. The van der Waals surface area contributed by atoms with Gasteiger partial charge in [0.05, 0.1) is 24.7 Å². The number of benzene rings is 8. The molecule has 1 aromatic heterocycles. The number of aryl methyl sites for hydroxylation is 1. The lowest BCUT2D eigenvalue weighted by Crippen LogP contribution is -2.00. The van der Waals surface area contributed by atoms with E-state index < -0.39 is 73.6 Å². The Morgan fingerprint density at radius 3 is 1.92 bits per heavy atom. The van der Waals surface area contributed by atoms with Crippen LogP contribution in [0.1, 0.15) is 33.2 Å². The molecule has 0 aliphatic rings. The molecule has 232 valence electrons. The highest BCUT2D eigenvalue weighted by atomic mass is 15.1. The van der Waals surface area contributed by atoms with Crippen LogP contribution in [0.3, 0.4) is 0 Å². The van der Waals surface area contributed by atoms with Gasteiger partial charge in [0.25, 0.3) is 0 Å². The van der Waals surface area contributed by atoms with Gasteiger partial charge in [0, 0.05) is 18.9 Å². The van der Waals surface area contributed by atoms with Crippen LogP contribution in [-0.2, 0) is 6.37 Å². The number of para-hydroxylation sites is 2. The van der Waals surface area contributed by atoms with Gasteiger partial charge in [-0.05, 0) is 102 Å². The standard InChI is InChI=1S/C47H34N2/c1-2-45-48-43-25-11-12-26-44(43)49(45)38-22-14-20-35(30-38)34-19-13-21-37(29-34)47-40-24-10-9-23-39(40)46(33-17-7-4-8-18-33)42-31-36(27-28-41(42)47)32-15-5-3-6-16-32/h3-31H,2H2,1H3/i1D3,2D2,3D,4D,5D,6D,7D,8D,15D,16D,17D,18D. The highest BCUT2D eigenvalue weighted by Gasteiger charge is 2.18. The van der Waals surface area contributed by atoms with Crippen molar-refractivity contribution in [2.75, 3.05) is 0 Å². The van der Waals surface area contributed by atoms with E-state index in [0.717, 1.165) is 11.1 Å². The minimum Gasteiger partial charge on any atom is -0.296 e. The lowest BCUT2D eigenvalue weighted by molar-refractivity contribution is 0.908. The third-order valence-electron chi connectivity index (χ3n) is 8.82. The van der Waals surface area contributed by atoms with Crippen LogP contribution in [0.5, 0.6) is 0 Å². The lowest BCUT2D eigenvalue weighted by atomic mass is 9.84. The first-order chi connectivity index (χ1) is 30.3. The third kappa shape index (κ3) is 5.01. The van der Waals surface area contributed by atoms with Gasteiger partial charge >= 0.3 is 0 Å². The molecule has 0 bridgehead atoms. The van der Waals surface area contributed by atoms with Crippen molar-refractivity contribution in [3.63, 3.8) is 0 Å². The molecule has 2 heteroatoms. The maximum atomic E-state index is 9.06. The summed E-state index contributed by atoms with van der Waals surface area (Å²) in [6.45, 7) is -3.02. The Kier molecular flexibility index (Phi) is 4.25. The van der Waals surface area contributed by atoms with Crippen LogP contribution in [0.2, 0.25) is 0 Å². The van der Waals surface area contributed by atoms with Crippen molar-refractivity contribution < 1.29 is 20.6 Å². The van der Waals surface area contributed by atoms with Crippen LogP contribution in [0, 0.1) is 0 Å². The number of imidazole rings is 1.